The van der Waals surface area contributed by atoms with Gasteiger partial charge in [-0.25, -0.2) is 0 Å². The molecule has 64 valence electrons. The van der Waals surface area contributed by atoms with E-state index in [1.807, 2.05) is 20.1 Å². The van der Waals surface area contributed by atoms with Gasteiger partial charge in [-0.2, -0.15) is 0 Å². The van der Waals surface area contributed by atoms with E-state index in [1.54, 1.807) is 7.05 Å². The highest BCUT2D eigenvalue weighted by atomic mass is 16.1. The summed E-state index contributed by atoms with van der Waals surface area (Å²) in [5, 5.41) is 0. The van der Waals surface area contributed by atoms with Gasteiger partial charge in [0.25, 0.3) is 0 Å². The normalized spacial score (nSPS) is 15.3. The van der Waals surface area contributed by atoms with E-state index in [1.165, 1.54) is 0 Å². The smallest absolute Gasteiger partial charge is 0.136 e. The zero-order valence-electron chi connectivity index (χ0n) is 7.37. The molecule has 0 saturated heterocycles. The second-order valence-corrected chi connectivity index (χ2v) is 3.38. The largest absolute Gasteiger partial charge is 0.322 e. The molecule has 0 aliphatic heterocycles. The summed E-state index contributed by atoms with van der Waals surface area (Å²) < 4.78 is 0. The molecule has 3 heteroatoms. The molecule has 0 heterocycles. The summed E-state index contributed by atoms with van der Waals surface area (Å²) in [6, 6.07) is -0.372. The van der Waals surface area contributed by atoms with Crippen LogP contribution in [0.1, 0.15) is 20.3 Å². The molecule has 0 spiro atoms. The van der Waals surface area contributed by atoms with E-state index in [-0.39, 0.29) is 11.5 Å². The van der Waals surface area contributed by atoms with Crippen LogP contribution in [0.5, 0.6) is 0 Å². The van der Waals surface area contributed by atoms with Crippen LogP contribution >= 0.6 is 0 Å². The maximum atomic E-state index is 10.2. The summed E-state index contributed by atoms with van der Waals surface area (Å²) in [4.78, 5) is 14.1. The Labute approximate surface area is 67.7 Å². The summed E-state index contributed by atoms with van der Waals surface area (Å²) in [7, 11) is 1.72. The Balaban J connectivity index is 4.00. The van der Waals surface area contributed by atoms with Gasteiger partial charge < -0.3 is 15.5 Å². The van der Waals surface area contributed by atoms with E-state index in [0.717, 1.165) is 6.29 Å². The van der Waals surface area contributed by atoms with Gasteiger partial charge in [0, 0.05) is 18.7 Å². The molecule has 0 unspecified atom stereocenters. The third kappa shape index (κ3) is 4.67. The van der Waals surface area contributed by atoms with Crippen molar-refractivity contribution in [3.63, 3.8) is 0 Å². The molecule has 1 atom stereocenters. The van der Waals surface area contributed by atoms with Crippen LogP contribution < -0.4 is 5.73 Å². The summed E-state index contributed by atoms with van der Waals surface area (Å²) in [6.45, 7) is 4.01. The zero-order valence-corrected chi connectivity index (χ0v) is 7.37. The Hall–Kier alpha value is -0.700. The van der Waals surface area contributed by atoms with E-state index in [2.05, 4.69) is 4.99 Å². The Bertz CT molecular complexity index is 152. The number of aldehydes is 1. The van der Waals surface area contributed by atoms with Gasteiger partial charge in [0.05, 0.1) is 6.04 Å². The molecule has 0 amide bonds. The van der Waals surface area contributed by atoms with Gasteiger partial charge in [0.15, 0.2) is 0 Å². The number of hydrogen-bond acceptors (Lipinski definition) is 3. The topological polar surface area (TPSA) is 55.4 Å². The van der Waals surface area contributed by atoms with Crippen molar-refractivity contribution in [1.82, 2.24) is 0 Å². The highest BCUT2D eigenvalue weighted by molar-refractivity contribution is 5.66. The first-order valence-electron chi connectivity index (χ1n) is 3.66. The van der Waals surface area contributed by atoms with Crippen molar-refractivity contribution in [2.24, 2.45) is 16.1 Å². The summed E-state index contributed by atoms with van der Waals surface area (Å²) in [5.74, 6) is 0. The Morgan fingerprint density at radius 3 is 2.55 bits per heavy atom. The Kier molecular flexibility index (Phi) is 3.97. The number of hydrogen-bond donors (Lipinski definition) is 1. The standard InChI is InChI=1S/C8H16N2O/c1-8(2,6-10-3)4-7(9)5-11/h5-7H,4,9H2,1-3H3/t7-/m0/s1. The van der Waals surface area contributed by atoms with Gasteiger partial charge in [0.2, 0.25) is 0 Å². The van der Waals surface area contributed by atoms with Gasteiger partial charge in [0.1, 0.15) is 6.29 Å². The van der Waals surface area contributed by atoms with Gasteiger partial charge in [-0.1, -0.05) is 13.8 Å². The van der Waals surface area contributed by atoms with E-state index in [9.17, 15) is 4.79 Å². The molecular formula is C8H16N2O. The molecule has 0 aliphatic rings. The van der Waals surface area contributed by atoms with Crippen LogP contribution in [0.3, 0.4) is 0 Å². The number of carbonyl (C=O) groups is 1. The van der Waals surface area contributed by atoms with E-state index >= 15 is 0 Å². The fraction of sp³-hybridized carbons (Fsp3) is 0.750. The van der Waals surface area contributed by atoms with Crippen molar-refractivity contribution in [2.45, 2.75) is 26.3 Å². The summed E-state index contributed by atoms with van der Waals surface area (Å²) >= 11 is 0. The van der Waals surface area contributed by atoms with Crippen LogP contribution in [0, 0.1) is 5.41 Å². The lowest BCUT2D eigenvalue weighted by Gasteiger charge is -2.20. The minimum Gasteiger partial charge on any atom is -0.322 e. The van der Waals surface area contributed by atoms with Crippen LogP contribution in [0.25, 0.3) is 0 Å². The Morgan fingerprint density at radius 1 is 1.64 bits per heavy atom. The van der Waals surface area contributed by atoms with Crippen LogP contribution in [0.4, 0.5) is 0 Å². The number of nitrogens with zero attached hydrogens (tertiary/aromatic N) is 1. The van der Waals surface area contributed by atoms with Gasteiger partial charge in [-0.3, -0.25) is 0 Å². The highest BCUT2D eigenvalue weighted by Gasteiger charge is 2.18. The zero-order chi connectivity index (χ0) is 8.91. The van der Waals surface area contributed by atoms with Gasteiger partial charge in [-0.05, 0) is 6.42 Å². The minimum atomic E-state index is -0.372. The first-order valence-corrected chi connectivity index (χ1v) is 3.66. The van der Waals surface area contributed by atoms with Crippen LogP contribution in [0.2, 0.25) is 0 Å². The molecular weight excluding hydrogens is 140 g/mol. The molecule has 2 N–H and O–H groups in total. The maximum absolute atomic E-state index is 10.2. The second kappa shape index (κ2) is 4.23. The molecule has 0 aromatic heterocycles. The molecule has 0 rings (SSSR count). The Morgan fingerprint density at radius 2 is 2.18 bits per heavy atom. The lowest BCUT2D eigenvalue weighted by molar-refractivity contribution is -0.109. The first kappa shape index (κ1) is 10.3. The van der Waals surface area contributed by atoms with E-state index in [4.69, 9.17) is 5.73 Å². The number of rotatable bonds is 4. The lowest BCUT2D eigenvalue weighted by Crippen LogP contribution is -2.29. The molecule has 0 aliphatic carbocycles. The number of carbonyl (C=O) groups excluding carboxylic acids is 1. The van der Waals surface area contributed by atoms with Gasteiger partial charge in [-0.15, -0.1) is 0 Å². The monoisotopic (exact) mass is 156 g/mol. The highest BCUT2D eigenvalue weighted by Crippen LogP contribution is 2.17. The van der Waals surface area contributed by atoms with Crippen LogP contribution in [-0.2, 0) is 4.79 Å². The van der Waals surface area contributed by atoms with Crippen LogP contribution in [0.15, 0.2) is 4.99 Å². The molecule has 11 heavy (non-hydrogen) atoms. The molecule has 0 radical (unpaired) electrons. The molecule has 0 bridgehead atoms. The SMILES string of the molecule is CN=CC(C)(C)C[C@H](N)C=O. The second-order valence-electron chi connectivity index (χ2n) is 3.38. The summed E-state index contributed by atoms with van der Waals surface area (Å²) in [6.07, 6.45) is 3.23. The average Bonchev–Trinajstić information content (AvgIpc) is 1.86. The predicted octanol–water partition coefficient (Wildman–Crippen LogP) is 0.630. The predicted molar refractivity (Wildman–Crippen MR) is 46.9 cm³/mol. The van der Waals surface area contributed by atoms with Crippen LogP contribution in [-0.4, -0.2) is 25.6 Å². The van der Waals surface area contributed by atoms with E-state index < -0.39 is 0 Å². The van der Waals surface area contributed by atoms with Crippen molar-refractivity contribution in [3.8, 4) is 0 Å². The van der Waals surface area contributed by atoms with Crippen molar-refractivity contribution in [3.05, 3.63) is 0 Å². The first-order chi connectivity index (χ1) is 5.02. The molecule has 3 nitrogen and oxygen atoms in total. The fourth-order valence-electron chi connectivity index (χ4n) is 1.06. The third-order valence-corrected chi connectivity index (χ3v) is 1.42. The van der Waals surface area contributed by atoms with Crippen molar-refractivity contribution < 1.29 is 4.79 Å². The average molecular weight is 156 g/mol. The van der Waals surface area contributed by atoms with E-state index in [0.29, 0.717) is 6.42 Å². The third-order valence-electron chi connectivity index (χ3n) is 1.42. The molecule has 0 aromatic carbocycles. The fourth-order valence-corrected chi connectivity index (χ4v) is 1.06. The van der Waals surface area contributed by atoms with Crippen molar-refractivity contribution >= 4 is 12.5 Å². The molecule has 0 saturated carbocycles. The van der Waals surface area contributed by atoms with Crippen molar-refractivity contribution in [1.29, 1.82) is 0 Å². The number of nitrogens with two attached hydrogens (primary N) is 1. The minimum absolute atomic E-state index is 0.0743. The molecule has 0 aromatic rings. The number of aliphatic imine (C=N–C) groups is 1. The summed E-state index contributed by atoms with van der Waals surface area (Å²) in [5.41, 5.74) is 5.39. The van der Waals surface area contributed by atoms with Crippen molar-refractivity contribution in [2.75, 3.05) is 7.05 Å². The quantitative estimate of drug-likeness (QED) is 0.479. The molecule has 0 fully saturated rings. The van der Waals surface area contributed by atoms with Gasteiger partial charge >= 0.3 is 0 Å². The lowest BCUT2D eigenvalue weighted by atomic mass is 9.88. The maximum Gasteiger partial charge on any atom is 0.136 e.